The summed E-state index contributed by atoms with van der Waals surface area (Å²) in [6, 6.07) is 10.3. The number of ether oxygens (including phenoxy) is 1. The van der Waals surface area contributed by atoms with Crippen molar-refractivity contribution in [2.45, 2.75) is 32.9 Å². The zero-order valence-electron chi connectivity index (χ0n) is 17.2. The topological polar surface area (TPSA) is 62.6 Å². The lowest BCUT2D eigenvalue weighted by Gasteiger charge is -2.34. The Morgan fingerprint density at radius 1 is 1.20 bits per heavy atom. The number of rotatable bonds is 4. The van der Waals surface area contributed by atoms with Gasteiger partial charge in [-0.3, -0.25) is 0 Å². The minimum absolute atomic E-state index is 0.244. The number of aromatic nitrogens is 1. The van der Waals surface area contributed by atoms with E-state index in [0.717, 1.165) is 37.4 Å². The van der Waals surface area contributed by atoms with E-state index < -0.39 is 0 Å². The molecule has 3 heterocycles. The first kappa shape index (κ1) is 18.9. The SMILES string of the molecule is CC(C)N1CCOc2c(F)cc(-c3cnc(Nc4ccc5c(c4)CCNC5)o3)cc21. The second-order valence-electron chi connectivity index (χ2n) is 8.01. The molecule has 30 heavy (non-hydrogen) atoms. The smallest absolute Gasteiger partial charge is 0.299 e. The highest BCUT2D eigenvalue weighted by atomic mass is 19.1. The maximum Gasteiger partial charge on any atom is 0.299 e. The fourth-order valence-corrected chi connectivity index (χ4v) is 4.12. The lowest BCUT2D eigenvalue weighted by atomic mass is 10.0. The standard InChI is InChI=1S/C23H25FN4O2/c1-14(2)28-7-8-29-22-19(24)10-17(11-20(22)28)21-13-26-23(30-21)27-18-4-3-16-12-25-6-5-15(16)9-18/h3-4,9-11,13-14,25H,5-8,12H2,1-2H3,(H,26,27). The van der Waals surface area contributed by atoms with E-state index in [1.54, 1.807) is 6.20 Å². The molecule has 156 valence electrons. The largest absolute Gasteiger partial charge is 0.486 e. The Morgan fingerprint density at radius 2 is 2.10 bits per heavy atom. The van der Waals surface area contributed by atoms with Gasteiger partial charge in [0.2, 0.25) is 0 Å². The summed E-state index contributed by atoms with van der Waals surface area (Å²) in [6.45, 7) is 7.27. The van der Waals surface area contributed by atoms with Gasteiger partial charge in [0.15, 0.2) is 17.3 Å². The van der Waals surface area contributed by atoms with Crippen LogP contribution in [0.4, 0.5) is 21.8 Å². The molecule has 5 rings (SSSR count). The summed E-state index contributed by atoms with van der Waals surface area (Å²) in [5, 5.41) is 6.59. The summed E-state index contributed by atoms with van der Waals surface area (Å²) in [5.74, 6) is 0.429. The molecule has 7 heteroatoms. The number of benzene rings is 2. The van der Waals surface area contributed by atoms with Crippen LogP contribution < -0.4 is 20.3 Å². The Bertz CT molecular complexity index is 1080. The number of hydrogen-bond donors (Lipinski definition) is 2. The number of halogens is 1. The number of oxazole rings is 1. The van der Waals surface area contributed by atoms with Crippen molar-refractivity contribution in [3.63, 3.8) is 0 Å². The van der Waals surface area contributed by atoms with Crippen molar-refractivity contribution < 1.29 is 13.5 Å². The van der Waals surface area contributed by atoms with Crippen LogP contribution in [0.15, 0.2) is 40.9 Å². The van der Waals surface area contributed by atoms with Crippen molar-refractivity contribution in [3.8, 4) is 17.1 Å². The van der Waals surface area contributed by atoms with Gasteiger partial charge in [-0.15, -0.1) is 0 Å². The molecule has 2 N–H and O–H groups in total. The molecule has 0 saturated carbocycles. The molecule has 2 aliphatic heterocycles. The van der Waals surface area contributed by atoms with Crippen LogP contribution in [0.1, 0.15) is 25.0 Å². The van der Waals surface area contributed by atoms with Crippen molar-refractivity contribution in [3.05, 3.63) is 53.5 Å². The van der Waals surface area contributed by atoms with Crippen molar-refractivity contribution in [2.75, 3.05) is 29.9 Å². The molecule has 0 aliphatic carbocycles. The molecule has 1 aromatic heterocycles. The average Bonchev–Trinajstić information content (AvgIpc) is 3.21. The van der Waals surface area contributed by atoms with Gasteiger partial charge in [0.1, 0.15) is 6.61 Å². The molecule has 0 fully saturated rings. The molecule has 3 aromatic rings. The highest BCUT2D eigenvalue weighted by Crippen LogP contribution is 2.39. The molecule has 0 unspecified atom stereocenters. The van der Waals surface area contributed by atoms with E-state index in [1.807, 2.05) is 12.1 Å². The number of nitrogens with zero attached hydrogens (tertiary/aromatic N) is 2. The number of anilines is 3. The average molecular weight is 408 g/mol. The molecule has 6 nitrogen and oxygen atoms in total. The highest BCUT2D eigenvalue weighted by molar-refractivity contribution is 5.72. The highest BCUT2D eigenvalue weighted by Gasteiger charge is 2.25. The van der Waals surface area contributed by atoms with Crippen LogP contribution in [0.3, 0.4) is 0 Å². The number of fused-ring (bicyclic) bond motifs is 2. The molecular formula is C23H25FN4O2. The minimum atomic E-state index is -0.387. The monoisotopic (exact) mass is 408 g/mol. The van der Waals surface area contributed by atoms with Crippen LogP contribution in [0.2, 0.25) is 0 Å². The van der Waals surface area contributed by atoms with Gasteiger partial charge in [0.05, 0.1) is 18.4 Å². The van der Waals surface area contributed by atoms with Gasteiger partial charge in [0.25, 0.3) is 6.01 Å². The molecular weight excluding hydrogens is 383 g/mol. The first-order valence-corrected chi connectivity index (χ1v) is 10.4. The summed E-state index contributed by atoms with van der Waals surface area (Å²) in [7, 11) is 0. The fourth-order valence-electron chi connectivity index (χ4n) is 4.12. The Balaban J connectivity index is 1.42. The van der Waals surface area contributed by atoms with E-state index >= 15 is 0 Å². The second kappa shape index (κ2) is 7.65. The van der Waals surface area contributed by atoms with Gasteiger partial charge in [-0.2, -0.15) is 0 Å². The van der Waals surface area contributed by atoms with E-state index in [2.05, 4.69) is 46.5 Å². The van der Waals surface area contributed by atoms with Gasteiger partial charge >= 0.3 is 0 Å². The van der Waals surface area contributed by atoms with Gasteiger partial charge in [0, 0.05) is 23.8 Å². The maximum atomic E-state index is 14.7. The minimum Gasteiger partial charge on any atom is -0.486 e. The Morgan fingerprint density at radius 3 is 2.97 bits per heavy atom. The van der Waals surface area contributed by atoms with Crippen LogP contribution in [-0.4, -0.2) is 30.7 Å². The fraction of sp³-hybridized carbons (Fsp3) is 0.348. The van der Waals surface area contributed by atoms with Crippen molar-refractivity contribution in [2.24, 2.45) is 0 Å². The first-order chi connectivity index (χ1) is 14.6. The van der Waals surface area contributed by atoms with Crippen molar-refractivity contribution in [1.82, 2.24) is 10.3 Å². The van der Waals surface area contributed by atoms with Crippen LogP contribution in [0.5, 0.6) is 5.75 Å². The third-order valence-electron chi connectivity index (χ3n) is 5.67. The van der Waals surface area contributed by atoms with Gasteiger partial charge in [-0.1, -0.05) is 6.07 Å². The normalized spacial score (nSPS) is 15.5. The van der Waals surface area contributed by atoms with Crippen LogP contribution in [0, 0.1) is 5.82 Å². The summed E-state index contributed by atoms with van der Waals surface area (Å²) in [5.41, 5.74) is 4.97. The Labute approximate surface area is 175 Å². The summed E-state index contributed by atoms with van der Waals surface area (Å²) in [4.78, 5) is 6.48. The van der Waals surface area contributed by atoms with E-state index in [0.29, 0.717) is 29.7 Å². The Hall–Kier alpha value is -3.06. The molecule has 0 saturated heterocycles. The predicted molar refractivity (Wildman–Crippen MR) is 115 cm³/mol. The molecule has 2 aromatic carbocycles. The summed E-state index contributed by atoms with van der Waals surface area (Å²) < 4.78 is 26.2. The van der Waals surface area contributed by atoms with Gasteiger partial charge in [-0.25, -0.2) is 9.37 Å². The lowest BCUT2D eigenvalue weighted by molar-refractivity contribution is 0.287. The molecule has 0 atom stereocenters. The van der Waals surface area contributed by atoms with Crippen LogP contribution in [-0.2, 0) is 13.0 Å². The first-order valence-electron chi connectivity index (χ1n) is 10.4. The summed E-state index contributed by atoms with van der Waals surface area (Å²) in [6.07, 6.45) is 2.62. The van der Waals surface area contributed by atoms with Crippen molar-refractivity contribution in [1.29, 1.82) is 0 Å². The molecule has 0 radical (unpaired) electrons. The molecule has 0 amide bonds. The maximum absolute atomic E-state index is 14.7. The zero-order chi connectivity index (χ0) is 20.7. The molecule has 2 aliphatic rings. The molecule has 0 spiro atoms. The van der Waals surface area contributed by atoms with E-state index in [-0.39, 0.29) is 11.9 Å². The van der Waals surface area contributed by atoms with E-state index in [1.165, 1.54) is 17.2 Å². The lowest BCUT2D eigenvalue weighted by Crippen LogP contribution is -2.38. The zero-order valence-corrected chi connectivity index (χ0v) is 17.2. The predicted octanol–water partition coefficient (Wildman–Crippen LogP) is 4.48. The number of hydrogen-bond acceptors (Lipinski definition) is 6. The van der Waals surface area contributed by atoms with Crippen molar-refractivity contribution >= 4 is 17.4 Å². The van der Waals surface area contributed by atoms with Gasteiger partial charge < -0.3 is 24.7 Å². The van der Waals surface area contributed by atoms with Gasteiger partial charge in [-0.05, 0) is 62.2 Å². The van der Waals surface area contributed by atoms with E-state index in [4.69, 9.17) is 9.15 Å². The third-order valence-corrected chi connectivity index (χ3v) is 5.67. The van der Waals surface area contributed by atoms with Crippen LogP contribution >= 0.6 is 0 Å². The second-order valence-corrected chi connectivity index (χ2v) is 8.01. The summed E-state index contributed by atoms with van der Waals surface area (Å²) >= 11 is 0. The van der Waals surface area contributed by atoms with E-state index in [9.17, 15) is 4.39 Å². The Kier molecular flexibility index (Phi) is 4.83. The molecule has 0 bridgehead atoms. The quantitative estimate of drug-likeness (QED) is 0.664. The van der Waals surface area contributed by atoms with Crippen LogP contribution in [0.25, 0.3) is 11.3 Å². The third kappa shape index (κ3) is 3.50. The number of nitrogens with one attached hydrogen (secondary N) is 2.